The van der Waals surface area contributed by atoms with Crippen LogP contribution in [0.25, 0.3) is 0 Å². The Kier molecular flexibility index (Phi) is 3.96. The van der Waals surface area contributed by atoms with E-state index in [4.69, 9.17) is 0 Å². The van der Waals surface area contributed by atoms with Crippen LogP contribution in [-0.4, -0.2) is 43.7 Å². The molecule has 4 nitrogen and oxygen atoms in total. The largest absolute Gasteiger partial charge is 0.348 e. The number of nitrogens with zero attached hydrogens (tertiary/aromatic N) is 3. The normalized spacial score (nSPS) is 11.8. The highest BCUT2D eigenvalue weighted by Gasteiger charge is 2.05. The van der Waals surface area contributed by atoms with Crippen molar-refractivity contribution in [2.75, 3.05) is 28.2 Å². The van der Waals surface area contributed by atoms with Crippen molar-refractivity contribution < 1.29 is 4.57 Å². The first-order chi connectivity index (χ1) is 4.63. The maximum atomic E-state index is 10.3. The minimum atomic E-state index is -0.0405. The van der Waals surface area contributed by atoms with Crippen molar-refractivity contribution in [2.45, 2.75) is 0 Å². The van der Waals surface area contributed by atoms with E-state index in [0.29, 0.717) is 5.96 Å². The summed E-state index contributed by atoms with van der Waals surface area (Å²) >= 11 is 0. The maximum absolute atomic E-state index is 10.3. The number of rotatable bonds is 1. The minimum absolute atomic E-state index is 0.0405. The summed E-state index contributed by atoms with van der Waals surface area (Å²) in [6.07, 6.45) is 0. The monoisotopic (exact) mass is 161 g/mol. The Morgan fingerprint density at radius 1 is 1.40 bits per heavy atom. The lowest BCUT2D eigenvalue weighted by atomic mass is 10.8. The Morgan fingerprint density at radius 3 is 2.00 bits per heavy atom. The van der Waals surface area contributed by atoms with Gasteiger partial charge >= 0.3 is 0 Å². The second kappa shape index (κ2) is 4.23. The van der Waals surface area contributed by atoms with E-state index in [-0.39, 0.29) is 8.61 Å². The average molecular weight is 161 g/mol. The van der Waals surface area contributed by atoms with E-state index in [2.05, 4.69) is 4.99 Å². The molecule has 0 N–H and O–H groups in total. The van der Waals surface area contributed by atoms with Gasteiger partial charge in [-0.3, -0.25) is 9.66 Å². The fourth-order valence-electron chi connectivity index (χ4n) is 0.671. The molecule has 0 spiro atoms. The SMILES string of the molecule is CN=C(N(C)C)N(C)P=O. The summed E-state index contributed by atoms with van der Waals surface area (Å²) in [6, 6.07) is 0. The van der Waals surface area contributed by atoms with Crippen molar-refractivity contribution in [3.8, 4) is 0 Å². The Labute approximate surface area is 62.8 Å². The van der Waals surface area contributed by atoms with Crippen molar-refractivity contribution in [3.05, 3.63) is 0 Å². The highest BCUT2D eigenvalue weighted by molar-refractivity contribution is 7.21. The predicted octanol–water partition coefficient (Wildman–Crippen LogP) is 0.672. The third kappa shape index (κ3) is 2.31. The molecule has 0 radical (unpaired) electrons. The van der Waals surface area contributed by atoms with Gasteiger partial charge in [0.2, 0.25) is 5.96 Å². The molecule has 0 saturated heterocycles. The molecule has 0 rings (SSSR count). The molecule has 0 aromatic heterocycles. The molecule has 0 aromatic rings. The summed E-state index contributed by atoms with van der Waals surface area (Å²) in [5.41, 5.74) is 0. The van der Waals surface area contributed by atoms with Crippen LogP contribution in [0, 0.1) is 0 Å². The molecule has 0 aromatic carbocycles. The molecule has 10 heavy (non-hydrogen) atoms. The molecular weight excluding hydrogens is 149 g/mol. The van der Waals surface area contributed by atoms with Crippen LogP contribution in [0.15, 0.2) is 4.99 Å². The second-order valence-corrected chi connectivity index (χ2v) is 2.79. The molecule has 0 bridgehead atoms. The molecule has 0 aliphatic rings. The average Bonchev–Trinajstić information content (AvgIpc) is 1.88. The highest BCUT2D eigenvalue weighted by Crippen LogP contribution is 2.02. The summed E-state index contributed by atoms with van der Waals surface area (Å²) in [7, 11) is 7.03. The van der Waals surface area contributed by atoms with Gasteiger partial charge < -0.3 is 4.90 Å². The molecule has 5 heteroatoms. The fraction of sp³-hybridized carbons (Fsp3) is 0.800. The molecule has 0 fully saturated rings. The fourth-order valence-corrected chi connectivity index (χ4v) is 1.01. The Morgan fingerprint density at radius 2 is 1.90 bits per heavy atom. The first-order valence-electron chi connectivity index (χ1n) is 2.84. The van der Waals surface area contributed by atoms with Gasteiger partial charge in [-0.05, 0) is 0 Å². The van der Waals surface area contributed by atoms with Crippen molar-refractivity contribution >= 4 is 14.6 Å². The number of aliphatic imine (C=N–C) groups is 1. The molecule has 58 valence electrons. The molecule has 0 atom stereocenters. The first-order valence-corrected chi connectivity index (χ1v) is 3.61. The van der Waals surface area contributed by atoms with Crippen LogP contribution in [0.4, 0.5) is 0 Å². The van der Waals surface area contributed by atoms with Crippen LogP contribution in [0.2, 0.25) is 0 Å². The van der Waals surface area contributed by atoms with E-state index in [1.54, 1.807) is 19.0 Å². The molecule has 0 aliphatic carbocycles. The third-order valence-electron chi connectivity index (χ3n) is 1.01. The van der Waals surface area contributed by atoms with Crippen LogP contribution in [0.5, 0.6) is 0 Å². The zero-order valence-electron chi connectivity index (χ0n) is 6.70. The molecule has 0 unspecified atom stereocenters. The van der Waals surface area contributed by atoms with Gasteiger partial charge in [0.25, 0.3) is 8.61 Å². The van der Waals surface area contributed by atoms with E-state index in [1.807, 2.05) is 14.1 Å². The zero-order valence-corrected chi connectivity index (χ0v) is 7.59. The maximum Gasteiger partial charge on any atom is 0.284 e. The van der Waals surface area contributed by atoms with Crippen molar-refractivity contribution in [1.82, 2.24) is 9.57 Å². The quantitative estimate of drug-likeness (QED) is 0.322. The van der Waals surface area contributed by atoms with Crippen LogP contribution >= 0.6 is 8.61 Å². The molecule has 0 amide bonds. The van der Waals surface area contributed by atoms with Gasteiger partial charge in [0, 0.05) is 28.2 Å². The lowest BCUT2D eigenvalue weighted by Crippen LogP contribution is -2.32. The van der Waals surface area contributed by atoms with E-state index in [0.717, 1.165) is 0 Å². The van der Waals surface area contributed by atoms with E-state index >= 15 is 0 Å². The standard InChI is InChI=1S/C5H12N3OP/c1-6-5(7(2)3)8(4)10-9/h1-4H3. The Balaban J connectivity index is 4.22. The van der Waals surface area contributed by atoms with Crippen molar-refractivity contribution in [3.63, 3.8) is 0 Å². The minimum Gasteiger partial charge on any atom is -0.348 e. The Hall–Kier alpha value is -0.630. The van der Waals surface area contributed by atoms with E-state index in [1.165, 1.54) is 4.67 Å². The summed E-state index contributed by atoms with van der Waals surface area (Å²) in [6.45, 7) is 0. The molecular formula is C5H12N3OP. The van der Waals surface area contributed by atoms with Crippen molar-refractivity contribution in [1.29, 1.82) is 0 Å². The van der Waals surface area contributed by atoms with Gasteiger partial charge in [-0.15, -0.1) is 0 Å². The zero-order chi connectivity index (χ0) is 8.15. The molecule has 0 heterocycles. The van der Waals surface area contributed by atoms with Crippen LogP contribution in [0.3, 0.4) is 0 Å². The second-order valence-electron chi connectivity index (χ2n) is 2.02. The van der Waals surface area contributed by atoms with E-state index < -0.39 is 0 Å². The summed E-state index contributed by atoms with van der Waals surface area (Å²) < 4.78 is 11.8. The van der Waals surface area contributed by atoms with Gasteiger partial charge in [-0.2, -0.15) is 0 Å². The predicted molar refractivity (Wildman–Crippen MR) is 42.4 cm³/mol. The van der Waals surface area contributed by atoms with Gasteiger partial charge in [0.15, 0.2) is 0 Å². The molecule has 0 saturated carbocycles. The van der Waals surface area contributed by atoms with Crippen LogP contribution in [0.1, 0.15) is 0 Å². The Bertz CT molecular complexity index is 146. The van der Waals surface area contributed by atoms with Crippen molar-refractivity contribution in [2.24, 2.45) is 4.99 Å². The summed E-state index contributed by atoms with van der Waals surface area (Å²) in [5.74, 6) is 0.691. The first kappa shape index (κ1) is 9.37. The van der Waals surface area contributed by atoms with Gasteiger partial charge in [-0.25, -0.2) is 4.57 Å². The van der Waals surface area contributed by atoms with Gasteiger partial charge in [-0.1, -0.05) is 0 Å². The smallest absolute Gasteiger partial charge is 0.284 e. The number of guanidine groups is 1. The number of hydrogen-bond acceptors (Lipinski definition) is 2. The van der Waals surface area contributed by atoms with Crippen LogP contribution < -0.4 is 0 Å². The van der Waals surface area contributed by atoms with Gasteiger partial charge in [0.1, 0.15) is 0 Å². The number of hydrogen-bond donors (Lipinski definition) is 0. The van der Waals surface area contributed by atoms with Gasteiger partial charge in [0.05, 0.1) is 0 Å². The van der Waals surface area contributed by atoms with Crippen LogP contribution in [-0.2, 0) is 4.57 Å². The summed E-state index contributed by atoms with van der Waals surface area (Å²) in [5, 5.41) is 0. The highest BCUT2D eigenvalue weighted by atomic mass is 31.1. The summed E-state index contributed by atoms with van der Waals surface area (Å²) in [4.78, 5) is 5.72. The molecule has 0 aliphatic heterocycles. The topological polar surface area (TPSA) is 35.9 Å². The lowest BCUT2D eigenvalue weighted by molar-refractivity contribution is 0.523. The van der Waals surface area contributed by atoms with E-state index in [9.17, 15) is 4.57 Å². The lowest BCUT2D eigenvalue weighted by Gasteiger charge is -2.19. The third-order valence-corrected chi connectivity index (χ3v) is 1.44.